The molecule has 0 aromatic heterocycles. The Balaban J connectivity index is 2.83. The maximum atomic E-state index is 5.82. The maximum absolute atomic E-state index is 5.82. The highest BCUT2D eigenvalue weighted by Crippen LogP contribution is 2.37. The third-order valence-electron chi connectivity index (χ3n) is 2.80. The van der Waals surface area contributed by atoms with Crippen molar-refractivity contribution in [1.82, 2.24) is 5.32 Å². The van der Waals surface area contributed by atoms with E-state index in [9.17, 15) is 0 Å². The molecular formula is C17H24BrNO2. The van der Waals surface area contributed by atoms with Crippen LogP contribution in [0.1, 0.15) is 39.2 Å². The number of ether oxygens (including phenoxy) is 2. The first kappa shape index (κ1) is 17.9. The molecule has 0 radical (unpaired) electrons. The van der Waals surface area contributed by atoms with Gasteiger partial charge >= 0.3 is 0 Å². The van der Waals surface area contributed by atoms with E-state index in [-0.39, 0.29) is 0 Å². The van der Waals surface area contributed by atoms with Crippen molar-refractivity contribution >= 4 is 15.9 Å². The fraction of sp³-hybridized carbons (Fsp3) is 0.529. The highest BCUT2D eigenvalue weighted by molar-refractivity contribution is 9.10. The Morgan fingerprint density at radius 3 is 2.71 bits per heavy atom. The quantitative estimate of drug-likeness (QED) is 0.534. The summed E-state index contributed by atoms with van der Waals surface area (Å²) in [5.74, 6) is 4.14. The highest BCUT2D eigenvalue weighted by Gasteiger charge is 2.12. The van der Waals surface area contributed by atoms with Crippen LogP contribution in [0.25, 0.3) is 0 Å². The van der Waals surface area contributed by atoms with Crippen LogP contribution in [-0.4, -0.2) is 19.3 Å². The van der Waals surface area contributed by atoms with Gasteiger partial charge in [-0.25, -0.2) is 0 Å². The summed E-state index contributed by atoms with van der Waals surface area (Å²) < 4.78 is 12.4. The minimum Gasteiger partial charge on any atom is -0.490 e. The summed E-state index contributed by atoms with van der Waals surface area (Å²) in [4.78, 5) is 0. The lowest BCUT2D eigenvalue weighted by molar-refractivity contribution is 0.272. The van der Waals surface area contributed by atoms with Crippen LogP contribution in [0.4, 0.5) is 0 Å². The van der Waals surface area contributed by atoms with Gasteiger partial charge < -0.3 is 14.8 Å². The average molecular weight is 354 g/mol. The molecule has 4 heteroatoms. The van der Waals surface area contributed by atoms with E-state index in [1.807, 2.05) is 13.0 Å². The molecule has 0 saturated heterocycles. The molecule has 0 aliphatic heterocycles. The maximum Gasteiger partial charge on any atom is 0.175 e. The number of rotatable bonds is 9. The molecule has 1 aromatic carbocycles. The number of benzene rings is 1. The smallest absolute Gasteiger partial charge is 0.175 e. The standard InChI is InChI=1S/C17H24BrNO2/c1-5-7-8-9-21-17-15(18)10-14(12-19-13(3)4)11-16(17)20-6-2/h1,10-11,13,19H,6-9,12H2,2-4H3. The Bertz CT molecular complexity index is 480. The third-order valence-corrected chi connectivity index (χ3v) is 3.38. The molecular weight excluding hydrogens is 330 g/mol. The second-order valence-electron chi connectivity index (χ2n) is 5.03. The van der Waals surface area contributed by atoms with E-state index >= 15 is 0 Å². The van der Waals surface area contributed by atoms with Gasteiger partial charge in [0.05, 0.1) is 17.7 Å². The van der Waals surface area contributed by atoms with Crippen molar-refractivity contribution in [1.29, 1.82) is 0 Å². The van der Waals surface area contributed by atoms with Crippen LogP contribution in [0.2, 0.25) is 0 Å². The van der Waals surface area contributed by atoms with Crippen LogP contribution in [0.5, 0.6) is 11.5 Å². The van der Waals surface area contributed by atoms with Gasteiger partial charge in [-0.05, 0) is 47.0 Å². The van der Waals surface area contributed by atoms with Crippen molar-refractivity contribution in [3.05, 3.63) is 22.2 Å². The first-order valence-electron chi connectivity index (χ1n) is 7.33. The van der Waals surface area contributed by atoms with Gasteiger partial charge in [0.15, 0.2) is 11.5 Å². The predicted octanol–water partition coefficient (Wildman–Crippen LogP) is 4.14. The minimum absolute atomic E-state index is 0.444. The summed E-state index contributed by atoms with van der Waals surface area (Å²) in [7, 11) is 0. The van der Waals surface area contributed by atoms with Crippen LogP contribution < -0.4 is 14.8 Å². The van der Waals surface area contributed by atoms with E-state index in [0.717, 1.165) is 40.9 Å². The van der Waals surface area contributed by atoms with Crippen molar-refractivity contribution in [2.24, 2.45) is 0 Å². The van der Waals surface area contributed by atoms with Crippen molar-refractivity contribution in [2.75, 3.05) is 13.2 Å². The largest absolute Gasteiger partial charge is 0.490 e. The third kappa shape index (κ3) is 6.41. The van der Waals surface area contributed by atoms with E-state index in [0.29, 0.717) is 19.3 Å². The van der Waals surface area contributed by atoms with E-state index in [1.54, 1.807) is 0 Å². The summed E-state index contributed by atoms with van der Waals surface area (Å²) in [5, 5.41) is 3.40. The lowest BCUT2D eigenvalue weighted by Crippen LogP contribution is -2.21. The highest BCUT2D eigenvalue weighted by atomic mass is 79.9. The van der Waals surface area contributed by atoms with Crippen LogP contribution in [-0.2, 0) is 6.54 Å². The Morgan fingerprint density at radius 2 is 2.10 bits per heavy atom. The molecule has 0 atom stereocenters. The SMILES string of the molecule is C#CCCCOc1c(Br)cc(CNC(C)C)cc1OCC. The molecule has 0 bridgehead atoms. The summed E-state index contributed by atoms with van der Waals surface area (Å²) in [5.41, 5.74) is 1.16. The molecule has 0 saturated carbocycles. The molecule has 1 aromatic rings. The minimum atomic E-state index is 0.444. The zero-order valence-corrected chi connectivity index (χ0v) is 14.6. The molecule has 0 fully saturated rings. The van der Waals surface area contributed by atoms with E-state index in [2.05, 4.69) is 47.1 Å². The Morgan fingerprint density at radius 1 is 1.33 bits per heavy atom. The molecule has 0 unspecified atom stereocenters. The molecule has 116 valence electrons. The number of hydrogen-bond donors (Lipinski definition) is 1. The van der Waals surface area contributed by atoms with Crippen molar-refractivity contribution in [3.8, 4) is 23.8 Å². The Labute approximate surface area is 136 Å². The first-order valence-corrected chi connectivity index (χ1v) is 8.12. The lowest BCUT2D eigenvalue weighted by Gasteiger charge is -2.16. The van der Waals surface area contributed by atoms with Crippen LogP contribution >= 0.6 is 15.9 Å². The van der Waals surface area contributed by atoms with Gasteiger partial charge in [-0.1, -0.05) is 13.8 Å². The van der Waals surface area contributed by atoms with Gasteiger partial charge in [-0.3, -0.25) is 0 Å². The van der Waals surface area contributed by atoms with E-state index in [4.69, 9.17) is 15.9 Å². The van der Waals surface area contributed by atoms with Crippen LogP contribution in [0.3, 0.4) is 0 Å². The molecule has 21 heavy (non-hydrogen) atoms. The average Bonchev–Trinajstić information content (AvgIpc) is 2.43. The topological polar surface area (TPSA) is 30.5 Å². The molecule has 1 N–H and O–H groups in total. The van der Waals surface area contributed by atoms with Gasteiger partial charge in [-0.15, -0.1) is 12.3 Å². The number of unbranched alkanes of at least 4 members (excludes halogenated alkanes) is 1. The van der Waals surface area contributed by atoms with Gasteiger partial charge in [0.2, 0.25) is 0 Å². The normalized spacial score (nSPS) is 10.5. The number of nitrogens with one attached hydrogen (secondary N) is 1. The molecule has 0 aliphatic carbocycles. The number of terminal acetylenes is 1. The number of hydrogen-bond acceptors (Lipinski definition) is 3. The van der Waals surface area contributed by atoms with Crippen LogP contribution in [0.15, 0.2) is 16.6 Å². The molecule has 0 spiro atoms. The van der Waals surface area contributed by atoms with Crippen molar-refractivity contribution in [2.45, 2.75) is 46.2 Å². The molecule has 0 aliphatic rings. The van der Waals surface area contributed by atoms with Gasteiger partial charge in [-0.2, -0.15) is 0 Å². The summed E-state index contributed by atoms with van der Waals surface area (Å²) in [6, 6.07) is 4.54. The van der Waals surface area contributed by atoms with E-state index < -0.39 is 0 Å². The summed E-state index contributed by atoms with van der Waals surface area (Å²) in [6.45, 7) is 8.21. The molecule has 0 heterocycles. The molecule has 0 amide bonds. The zero-order valence-electron chi connectivity index (χ0n) is 13.0. The fourth-order valence-corrected chi connectivity index (χ4v) is 2.40. The Kier molecular flexibility index (Phi) is 8.26. The first-order chi connectivity index (χ1) is 10.1. The second-order valence-corrected chi connectivity index (χ2v) is 5.88. The zero-order chi connectivity index (χ0) is 15.7. The second kappa shape index (κ2) is 9.70. The molecule has 3 nitrogen and oxygen atoms in total. The summed E-state index contributed by atoms with van der Waals surface area (Å²) in [6.07, 6.45) is 6.81. The predicted molar refractivity (Wildman–Crippen MR) is 90.8 cm³/mol. The van der Waals surface area contributed by atoms with E-state index in [1.165, 1.54) is 0 Å². The molecule has 1 rings (SSSR count). The monoisotopic (exact) mass is 353 g/mol. The summed E-state index contributed by atoms with van der Waals surface area (Å²) >= 11 is 3.57. The van der Waals surface area contributed by atoms with Gasteiger partial charge in [0.25, 0.3) is 0 Å². The van der Waals surface area contributed by atoms with Gasteiger partial charge in [0, 0.05) is 19.0 Å². The van der Waals surface area contributed by atoms with Crippen molar-refractivity contribution < 1.29 is 9.47 Å². The Hall–Kier alpha value is -1.18. The van der Waals surface area contributed by atoms with Gasteiger partial charge in [0.1, 0.15) is 0 Å². The fourth-order valence-electron chi connectivity index (χ4n) is 1.80. The number of halogens is 1. The van der Waals surface area contributed by atoms with Crippen molar-refractivity contribution in [3.63, 3.8) is 0 Å². The lowest BCUT2D eigenvalue weighted by atomic mass is 10.2. The van der Waals surface area contributed by atoms with Crippen LogP contribution in [0, 0.1) is 12.3 Å².